The molecular formula is C12H16N4O. The molecule has 5 nitrogen and oxygen atoms in total. The van der Waals surface area contributed by atoms with Gasteiger partial charge in [0.2, 0.25) is 0 Å². The lowest BCUT2D eigenvalue weighted by Crippen LogP contribution is -2.32. The van der Waals surface area contributed by atoms with Crippen LogP contribution >= 0.6 is 0 Å². The number of nitrogens with zero attached hydrogens (tertiary/aromatic N) is 2. The molecule has 0 aliphatic rings. The Morgan fingerprint density at radius 3 is 2.94 bits per heavy atom. The molecule has 1 amide bonds. The standard InChI is InChI=1S/C12H16N4O/c1-8-14-10-5-4-9(6-11(10)15-8)12(17)13-7-16(2)3/h4-6H,7H2,1-3H3,(H,13,17)(H,14,15). The van der Waals surface area contributed by atoms with E-state index in [9.17, 15) is 4.79 Å². The summed E-state index contributed by atoms with van der Waals surface area (Å²) in [6.07, 6.45) is 0. The van der Waals surface area contributed by atoms with E-state index < -0.39 is 0 Å². The molecule has 17 heavy (non-hydrogen) atoms. The molecule has 2 rings (SSSR count). The second kappa shape index (κ2) is 4.55. The number of benzene rings is 1. The number of aromatic nitrogens is 2. The molecule has 90 valence electrons. The Bertz CT molecular complexity index is 544. The van der Waals surface area contributed by atoms with E-state index in [1.54, 1.807) is 6.07 Å². The summed E-state index contributed by atoms with van der Waals surface area (Å²) >= 11 is 0. The normalized spacial score (nSPS) is 11.1. The first-order valence-electron chi connectivity index (χ1n) is 5.45. The van der Waals surface area contributed by atoms with E-state index in [4.69, 9.17) is 0 Å². The highest BCUT2D eigenvalue weighted by molar-refractivity contribution is 5.97. The quantitative estimate of drug-likeness (QED) is 0.780. The maximum Gasteiger partial charge on any atom is 0.252 e. The van der Waals surface area contributed by atoms with E-state index in [0.717, 1.165) is 16.9 Å². The van der Waals surface area contributed by atoms with Crippen LogP contribution in [0.25, 0.3) is 11.0 Å². The number of nitrogens with one attached hydrogen (secondary N) is 2. The van der Waals surface area contributed by atoms with E-state index in [1.807, 2.05) is 38.1 Å². The summed E-state index contributed by atoms with van der Waals surface area (Å²) < 4.78 is 0. The summed E-state index contributed by atoms with van der Waals surface area (Å²) in [5.41, 5.74) is 2.41. The second-order valence-corrected chi connectivity index (χ2v) is 4.30. The molecule has 5 heteroatoms. The maximum absolute atomic E-state index is 11.8. The summed E-state index contributed by atoms with van der Waals surface area (Å²) in [6, 6.07) is 5.46. The number of fused-ring (bicyclic) bond motifs is 1. The summed E-state index contributed by atoms with van der Waals surface area (Å²) in [7, 11) is 3.81. The predicted molar refractivity (Wildman–Crippen MR) is 66.9 cm³/mol. The fourth-order valence-electron chi connectivity index (χ4n) is 1.61. The molecule has 1 aromatic heterocycles. The minimum atomic E-state index is -0.0761. The lowest BCUT2D eigenvalue weighted by molar-refractivity contribution is 0.0935. The van der Waals surface area contributed by atoms with Crippen LogP contribution in [0.15, 0.2) is 18.2 Å². The van der Waals surface area contributed by atoms with Crippen molar-refractivity contribution in [1.29, 1.82) is 0 Å². The van der Waals surface area contributed by atoms with Gasteiger partial charge in [0.15, 0.2) is 0 Å². The third-order valence-corrected chi connectivity index (χ3v) is 2.42. The lowest BCUT2D eigenvalue weighted by atomic mass is 10.2. The molecule has 0 unspecified atom stereocenters. The molecule has 0 saturated heterocycles. The highest BCUT2D eigenvalue weighted by atomic mass is 16.1. The molecule has 0 aliphatic carbocycles. The molecule has 2 N–H and O–H groups in total. The van der Waals surface area contributed by atoms with Gasteiger partial charge in [-0.1, -0.05) is 0 Å². The highest BCUT2D eigenvalue weighted by Crippen LogP contribution is 2.13. The number of amides is 1. The van der Waals surface area contributed by atoms with Crippen molar-refractivity contribution in [2.45, 2.75) is 6.92 Å². The van der Waals surface area contributed by atoms with Gasteiger partial charge in [-0.05, 0) is 39.2 Å². The Morgan fingerprint density at radius 2 is 2.24 bits per heavy atom. The SMILES string of the molecule is Cc1nc2ccc(C(=O)NCN(C)C)cc2[nH]1. The van der Waals surface area contributed by atoms with Gasteiger partial charge in [0.1, 0.15) is 5.82 Å². The van der Waals surface area contributed by atoms with Crippen LogP contribution in [0.1, 0.15) is 16.2 Å². The molecule has 0 spiro atoms. The molecule has 0 bridgehead atoms. The van der Waals surface area contributed by atoms with Crippen molar-refractivity contribution >= 4 is 16.9 Å². The Kier molecular flexibility index (Phi) is 3.10. The molecule has 1 heterocycles. The van der Waals surface area contributed by atoms with Gasteiger partial charge in [-0.25, -0.2) is 4.98 Å². The van der Waals surface area contributed by atoms with E-state index in [2.05, 4.69) is 15.3 Å². The monoisotopic (exact) mass is 232 g/mol. The number of H-pyrrole nitrogens is 1. The van der Waals surface area contributed by atoms with E-state index in [1.165, 1.54) is 0 Å². The van der Waals surface area contributed by atoms with Crippen LogP contribution in [0.2, 0.25) is 0 Å². The predicted octanol–water partition coefficient (Wildman–Crippen LogP) is 1.12. The lowest BCUT2D eigenvalue weighted by Gasteiger charge is -2.10. The topological polar surface area (TPSA) is 61.0 Å². The van der Waals surface area contributed by atoms with Gasteiger partial charge in [-0.2, -0.15) is 0 Å². The number of imidazole rings is 1. The number of rotatable bonds is 3. The number of aryl methyl sites for hydroxylation is 1. The third-order valence-electron chi connectivity index (χ3n) is 2.42. The number of carbonyl (C=O) groups excluding carboxylic acids is 1. The number of carbonyl (C=O) groups is 1. The summed E-state index contributed by atoms with van der Waals surface area (Å²) in [5.74, 6) is 0.777. The van der Waals surface area contributed by atoms with Crippen LogP contribution in [-0.4, -0.2) is 41.5 Å². The molecule has 0 fully saturated rings. The zero-order chi connectivity index (χ0) is 12.4. The van der Waals surface area contributed by atoms with Gasteiger partial charge < -0.3 is 10.3 Å². The molecular weight excluding hydrogens is 216 g/mol. The van der Waals surface area contributed by atoms with Crippen molar-refractivity contribution < 1.29 is 4.79 Å². The van der Waals surface area contributed by atoms with Crippen molar-refractivity contribution in [1.82, 2.24) is 20.2 Å². The molecule has 0 radical (unpaired) electrons. The van der Waals surface area contributed by atoms with Crippen LogP contribution < -0.4 is 5.32 Å². The number of hydrogen-bond acceptors (Lipinski definition) is 3. The minimum Gasteiger partial charge on any atom is -0.342 e. The average molecular weight is 232 g/mol. The number of aromatic amines is 1. The zero-order valence-electron chi connectivity index (χ0n) is 10.2. The van der Waals surface area contributed by atoms with E-state index >= 15 is 0 Å². The Balaban J connectivity index is 2.20. The third kappa shape index (κ3) is 2.62. The Labute approximate surface area is 99.8 Å². The molecule has 0 atom stereocenters. The molecule has 1 aromatic carbocycles. The van der Waals surface area contributed by atoms with Gasteiger partial charge in [0.05, 0.1) is 17.7 Å². The van der Waals surface area contributed by atoms with Gasteiger partial charge in [0, 0.05) is 5.56 Å². The fourth-order valence-corrected chi connectivity index (χ4v) is 1.61. The van der Waals surface area contributed by atoms with Crippen molar-refractivity contribution in [2.75, 3.05) is 20.8 Å². The summed E-state index contributed by atoms with van der Waals surface area (Å²) in [5, 5.41) is 2.82. The summed E-state index contributed by atoms with van der Waals surface area (Å²) in [6.45, 7) is 2.42. The van der Waals surface area contributed by atoms with Gasteiger partial charge in [-0.15, -0.1) is 0 Å². The van der Waals surface area contributed by atoms with Crippen LogP contribution in [-0.2, 0) is 0 Å². The minimum absolute atomic E-state index is 0.0761. The van der Waals surface area contributed by atoms with Gasteiger partial charge >= 0.3 is 0 Å². The second-order valence-electron chi connectivity index (χ2n) is 4.30. The van der Waals surface area contributed by atoms with Gasteiger partial charge in [0.25, 0.3) is 5.91 Å². The number of hydrogen-bond donors (Lipinski definition) is 2. The fraction of sp³-hybridized carbons (Fsp3) is 0.333. The molecule has 0 saturated carbocycles. The first-order valence-corrected chi connectivity index (χ1v) is 5.45. The maximum atomic E-state index is 11.8. The van der Waals surface area contributed by atoms with Crippen LogP contribution in [0.4, 0.5) is 0 Å². The van der Waals surface area contributed by atoms with Crippen molar-refractivity contribution in [3.8, 4) is 0 Å². The molecule has 2 aromatic rings. The van der Waals surface area contributed by atoms with E-state index in [0.29, 0.717) is 12.2 Å². The Hall–Kier alpha value is -1.88. The largest absolute Gasteiger partial charge is 0.342 e. The Morgan fingerprint density at radius 1 is 1.47 bits per heavy atom. The van der Waals surface area contributed by atoms with E-state index in [-0.39, 0.29) is 5.91 Å². The van der Waals surface area contributed by atoms with Crippen molar-refractivity contribution in [3.63, 3.8) is 0 Å². The molecule has 0 aliphatic heterocycles. The summed E-state index contributed by atoms with van der Waals surface area (Å²) in [4.78, 5) is 21.1. The zero-order valence-corrected chi connectivity index (χ0v) is 10.2. The van der Waals surface area contributed by atoms with Crippen molar-refractivity contribution in [3.05, 3.63) is 29.6 Å². The first kappa shape index (κ1) is 11.6. The van der Waals surface area contributed by atoms with Crippen LogP contribution in [0.5, 0.6) is 0 Å². The first-order chi connectivity index (χ1) is 8.06. The van der Waals surface area contributed by atoms with Gasteiger partial charge in [-0.3, -0.25) is 9.69 Å². The van der Waals surface area contributed by atoms with Crippen LogP contribution in [0, 0.1) is 6.92 Å². The van der Waals surface area contributed by atoms with Crippen LogP contribution in [0.3, 0.4) is 0 Å². The smallest absolute Gasteiger partial charge is 0.252 e. The van der Waals surface area contributed by atoms with Crippen molar-refractivity contribution in [2.24, 2.45) is 0 Å². The average Bonchev–Trinajstić information content (AvgIpc) is 2.64. The highest BCUT2D eigenvalue weighted by Gasteiger charge is 2.07.